The molecule has 1 aromatic rings. The molecular formula is C14H25N3O2S2. The predicted molar refractivity (Wildman–Crippen MR) is 87.2 cm³/mol. The molecule has 0 saturated heterocycles. The van der Waals surface area contributed by atoms with E-state index in [2.05, 4.69) is 16.7 Å². The average molecular weight is 332 g/mol. The maximum Gasteiger partial charge on any atom is 0.250 e. The normalized spacial score (nSPS) is 16.9. The molecule has 1 aliphatic rings. The molecular weight excluding hydrogens is 306 g/mol. The van der Waals surface area contributed by atoms with Crippen LogP contribution < -0.4 is 10.5 Å². The zero-order valence-corrected chi connectivity index (χ0v) is 14.2. The molecule has 0 amide bonds. The van der Waals surface area contributed by atoms with Crippen molar-refractivity contribution >= 4 is 21.4 Å². The molecule has 120 valence electrons. The summed E-state index contributed by atoms with van der Waals surface area (Å²) in [5.74, 6) is 0. The molecule has 1 heterocycles. The first-order chi connectivity index (χ1) is 10.0. The molecule has 1 fully saturated rings. The van der Waals surface area contributed by atoms with Gasteiger partial charge in [-0.15, -0.1) is 11.3 Å². The summed E-state index contributed by atoms with van der Waals surface area (Å²) in [6.07, 6.45) is 5.78. The van der Waals surface area contributed by atoms with E-state index in [1.54, 1.807) is 6.07 Å². The minimum absolute atomic E-state index is 0.384. The first-order valence-corrected chi connectivity index (χ1v) is 9.81. The number of hydrogen-bond donors (Lipinski definition) is 2. The SMILES string of the molecule is CN(CCNS(=O)(=O)c1ccc(CCN)s1)C1CCCC1. The molecule has 21 heavy (non-hydrogen) atoms. The fourth-order valence-electron chi connectivity index (χ4n) is 2.73. The Hall–Kier alpha value is -0.470. The molecule has 5 nitrogen and oxygen atoms in total. The number of nitrogens with one attached hydrogen (secondary N) is 1. The van der Waals surface area contributed by atoms with Crippen LogP contribution >= 0.6 is 11.3 Å². The van der Waals surface area contributed by atoms with Gasteiger partial charge < -0.3 is 10.6 Å². The Bertz CT molecular complexity index is 536. The van der Waals surface area contributed by atoms with Gasteiger partial charge in [0.25, 0.3) is 0 Å². The molecule has 7 heteroatoms. The van der Waals surface area contributed by atoms with Crippen molar-refractivity contribution in [3.05, 3.63) is 17.0 Å². The summed E-state index contributed by atoms with van der Waals surface area (Å²) < 4.78 is 27.5. The molecule has 1 saturated carbocycles. The first kappa shape index (κ1) is 16.9. The van der Waals surface area contributed by atoms with Gasteiger partial charge in [-0.3, -0.25) is 0 Å². The molecule has 0 unspecified atom stereocenters. The van der Waals surface area contributed by atoms with Crippen LogP contribution in [0.1, 0.15) is 30.6 Å². The Morgan fingerprint density at radius 2 is 2.10 bits per heavy atom. The Morgan fingerprint density at radius 1 is 1.38 bits per heavy atom. The van der Waals surface area contributed by atoms with Crippen LogP contribution in [0.2, 0.25) is 0 Å². The van der Waals surface area contributed by atoms with Gasteiger partial charge in [-0.05, 0) is 45.0 Å². The van der Waals surface area contributed by atoms with E-state index in [9.17, 15) is 8.42 Å². The van der Waals surface area contributed by atoms with E-state index in [0.717, 1.165) is 17.8 Å². The predicted octanol–water partition coefficient (Wildman–Crippen LogP) is 1.40. The van der Waals surface area contributed by atoms with Gasteiger partial charge in [0.2, 0.25) is 10.0 Å². The minimum Gasteiger partial charge on any atom is -0.330 e. The van der Waals surface area contributed by atoms with Crippen LogP contribution in [-0.4, -0.2) is 46.0 Å². The summed E-state index contributed by atoms with van der Waals surface area (Å²) in [7, 11) is -1.30. The molecule has 3 N–H and O–H groups in total. The number of nitrogens with zero attached hydrogens (tertiary/aromatic N) is 1. The number of hydrogen-bond acceptors (Lipinski definition) is 5. The van der Waals surface area contributed by atoms with Crippen molar-refractivity contribution in [2.45, 2.75) is 42.4 Å². The van der Waals surface area contributed by atoms with Crippen LogP contribution in [0, 0.1) is 0 Å². The summed E-state index contributed by atoms with van der Waals surface area (Å²) in [4.78, 5) is 3.28. The summed E-state index contributed by atoms with van der Waals surface area (Å²) in [6, 6.07) is 4.13. The van der Waals surface area contributed by atoms with E-state index < -0.39 is 10.0 Å². The van der Waals surface area contributed by atoms with Crippen LogP contribution in [0.25, 0.3) is 0 Å². The van der Waals surface area contributed by atoms with Gasteiger partial charge >= 0.3 is 0 Å². The molecule has 0 bridgehead atoms. The topological polar surface area (TPSA) is 75.4 Å². The second-order valence-electron chi connectivity index (χ2n) is 5.58. The highest BCUT2D eigenvalue weighted by Crippen LogP contribution is 2.23. The van der Waals surface area contributed by atoms with E-state index in [0.29, 0.717) is 23.3 Å². The summed E-state index contributed by atoms with van der Waals surface area (Å²) in [5.41, 5.74) is 5.49. The lowest BCUT2D eigenvalue weighted by atomic mass is 10.2. The van der Waals surface area contributed by atoms with Gasteiger partial charge in [0.15, 0.2) is 0 Å². The van der Waals surface area contributed by atoms with Crippen molar-refractivity contribution in [1.82, 2.24) is 9.62 Å². The first-order valence-electron chi connectivity index (χ1n) is 7.51. The molecule has 0 spiro atoms. The number of thiophene rings is 1. The average Bonchev–Trinajstić information content (AvgIpc) is 3.10. The molecule has 0 radical (unpaired) electrons. The maximum atomic E-state index is 12.2. The Morgan fingerprint density at radius 3 is 2.76 bits per heavy atom. The molecule has 1 aliphatic carbocycles. The third-order valence-electron chi connectivity index (χ3n) is 4.00. The Balaban J connectivity index is 1.82. The number of likely N-dealkylation sites (N-methyl/N-ethyl adjacent to an activating group) is 1. The molecule has 0 atom stereocenters. The molecule has 0 aromatic carbocycles. The summed E-state index contributed by atoms with van der Waals surface area (Å²) in [5, 5.41) is 0. The quantitative estimate of drug-likeness (QED) is 0.755. The van der Waals surface area contributed by atoms with Crippen molar-refractivity contribution < 1.29 is 8.42 Å². The second-order valence-corrected chi connectivity index (χ2v) is 8.74. The minimum atomic E-state index is -3.38. The molecule has 0 aliphatic heterocycles. The third-order valence-corrected chi connectivity index (χ3v) is 7.10. The van der Waals surface area contributed by atoms with Crippen molar-refractivity contribution in [1.29, 1.82) is 0 Å². The van der Waals surface area contributed by atoms with E-state index in [1.807, 2.05) is 6.07 Å². The number of rotatable bonds is 8. The van der Waals surface area contributed by atoms with Gasteiger partial charge in [-0.2, -0.15) is 0 Å². The lowest BCUT2D eigenvalue weighted by Gasteiger charge is -2.23. The monoisotopic (exact) mass is 331 g/mol. The summed E-state index contributed by atoms with van der Waals surface area (Å²) >= 11 is 1.30. The van der Waals surface area contributed by atoms with E-state index >= 15 is 0 Å². The van der Waals surface area contributed by atoms with Gasteiger partial charge in [-0.1, -0.05) is 12.8 Å². The van der Waals surface area contributed by atoms with Crippen molar-refractivity contribution in [2.24, 2.45) is 5.73 Å². The Kier molecular flexibility index (Phi) is 6.19. The van der Waals surface area contributed by atoms with Crippen molar-refractivity contribution in [2.75, 3.05) is 26.7 Å². The van der Waals surface area contributed by atoms with Crippen molar-refractivity contribution in [3.8, 4) is 0 Å². The van der Waals surface area contributed by atoms with Crippen molar-refractivity contribution in [3.63, 3.8) is 0 Å². The number of nitrogens with two attached hydrogens (primary N) is 1. The zero-order chi connectivity index (χ0) is 15.3. The van der Waals surface area contributed by atoms with Crippen LogP contribution in [-0.2, 0) is 16.4 Å². The lowest BCUT2D eigenvalue weighted by Crippen LogP contribution is -2.37. The van der Waals surface area contributed by atoms with Crippen LogP contribution in [0.4, 0.5) is 0 Å². The molecule has 1 aromatic heterocycles. The zero-order valence-electron chi connectivity index (χ0n) is 12.5. The largest absolute Gasteiger partial charge is 0.330 e. The highest BCUT2D eigenvalue weighted by molar-refractivity contribution is 7.91. The smallest absolute Gasteiger partial charge is 0.250 e. The van der Waals surface area contributed by atoms with Gasteiger partial charge in [0.05, 0.1) is 0 Å². The van der Waals surface area contributed by atoms with Gasteiger partial charge in [0.1, 0.15) is 4.21 Å². The fraction of sp³-hybridized carbons (Fsp3) is 0.714. The number of sulfonamides is 1. The Labute approximate surface area is 131 Å². The second kappa shape index (κ2) is 7.69. The van der Waals surface area contributed by atoms with Crippen LogP contribution in [0.15, 0.2) is 16.3 Å². The highest BCUT2D eigenvalue weighted by atomic mass is 32.2. The maximum absolute atomic E-state index is 12.2. The van der Waals surface area contributed by atoms with Crippen LogP contribution in [0.3, 0.4) is 0 Å². The highest BCUT2D eigenvalue weighted by Gasteiger charge is 2.20. The summed E-state index contributed by atoms with van der Waals surface area (Å²) in [6.45, 7) is 1.75. The van der Waals surface area contributed by atoms with E-state index in [1.165, 1.54) is 37.0 Å². The van der Waals surface area contributed by atoms with Gasteiger partial charge in [-0.25, -0.2) is 13.1 Å². The third kappa shape index (κ3) is 4.75. The standard InChI is InChI=1S/C14H25N3O2S2/c1-17(12-4-2-3-5-12)11-10-16-21(18,19)14-7-6-13(20-14)8-9-15/h6-7,12,16H,2-5,8-11,15H2,1H3. The molecule has 2 rings (SSSR count). The van der Waals surface area contributed by atoms with Gasteiger partial charge in [0, 0.05) is 24.0 Å². The van der Waals surface area contributed by atoms with Crippen LogP contribution in [0.5, 0.6) is 0 Å². The van der Waals surface area contributed by atoms with E-state index in [4.69, 9.17) is 5.73 Å². The van der Waals surface area contributed by atoms with E-state index in [-0.39, 0.29) is 0 Å². The fourth-order valence-corrected chi connectivity index (χ4v) is 5.17. The lowest BCUT2D eigenvalue weighted by molar-refractivity contribution is 0.250.